The third-order valence-corrected chi connectivity index (χ3v) is 4.41. The molecule has 2 aromatic carbocycles. The van der Waals surface area contributed by atoms with Gasteiger partial charge < -0.3 is 15.1 Å². The smallest absolute Gasteiger partial charge is 0.407 e. The summed E-state index contributed by atoms with van der Waals surface area (Å²) in [5, 5.41) is 16.3. The third-order valence-electron chi connectivity index (χ3n) is 4.41. The zero-order valence-electron chi connectivity index (χ0n) is 16.4. The number of anilines is 2. The number of rotatable bonds is 7. The number of nitrogens with one attached hydrogen (secondary N) is 2. The number of hydrogen-bond acceptors (Lipinski definition) is 6. The van der Waals surface area contributed by atoms with Crippen molar-refractivity contribution in [2.75, 3.05) is 10.6 Å². The number of nitrogens with zero attached hydrogens (tertiary/aromatic N) is 2. The highest BCUT2D eigenvalue weighted by Crippen LogP contribution is 2.24. The molecule has 2 N–H and O–H groups in total. The predicted octanol–water partition coefficient (Wildman–Crippen LogP) is 3.19. The second-order valence-electron chi connectivity index (χ2n) is 6.81. The van der Waals surface area contributed by atoms with Crippen LogP contribution in [0.3, 0.4) is 0 Å². The van der Waals surface area contributed by atoms with Gasteiger partial charge in [-0.1, -0.05) is 6.07 Å². The van der Waals surface area contributed by atoms with Crippen molar-refractivity contribution in [2.24, 2.45) is 0 Å². The number of oxazole rings is 1. The van der Waals surface area contributed by atoms with E-state index in [2.05, 4.69) is 10.6 Å². The van der Waals surface area contributed by atoms with Crippen LogP contribution in [0, 0.1) is 17.0 Å². The molecular formula is C20H20N4O6. The van der Waals surface area contributed by atoms with E-state index in [4.69, 9.17) is 4.42 Å². The maximum atomic E-state index is 12.3. The molecule has 3 aromatic rings. The lowest BCUT2D eigenvalue weighted by Crippen LogP contribution is -2.18. The lowest BCUT2D eigenvalue weighted by atomic mass is 10.1. The predicted molar refractivity (Wildman–Crippen MR) is 110 cm³/mol. The van der Waals surface area contributed by atoms with Gasteiger partial charge in [-0.3, -0.25) is 24.3 Å². The average molecular weight is 412 g/mol. The molecule has 0 aliphatic rings. The van der Waals surface area contributed by atoms with Gasteiger partial charge in [0.2, 0.25) is 11.8 Å². The van der Waals surface area contributed by atoms with Crippen molar-refractivity contribution >= 4 is 40.0 Å². The molecule has 10 heteroatoms. The fraction of sp³-hybridized carbons (Fsp3) is 0.250. The van der Waals surface area contributed by atoms with Crippen molar-refractivity contribution in [3.63, 3.8) is 0 Å². The van der Waals surface area contributed by atoms with E-state index in [1.807, 2.05) is 13.0 Å². The summed E-state index contributed by atoms with van der Waals surface area (Å²) in [6.45, 7) is 3.46. The number of benzene rings is 2. The second-order valence-corrected chi connectivity index (χ2v) is 6.81. The Balaban J connectivity index is 1.66. The molecule has 0 saturated carbocycles. The molecule has 0 aliphatic carbocycles. The van der Waals surface area contributed by atoms with E-state index in [0.717, 1.165) is 5.56 Å². The Labute approximate surface area is 170 Å². The molecule has 0 unspecified atom stereocenters. The van der Waals surface area contributed by atoms with Crippen LogP contribution in [0.25, 0.3) is 11.1 Å². The largest absolute Gasteiger partial charge is 0.419 e. The first-order valence-electron chi connectivity index (χ1n) is 9.20. The molecule has 0 radical (unpaired) electrons. The molecule has 10 nitrogen and oxygen atoms in total. The molecule has 2 amide bonds. The van der Waals surface area contributed by atoms with Crippen molar-refractivity contribution in [3.8, 4) is 0 Å². The van der Waals surface area contributed by atoms with Gasteiger partial charge in [-0.15, -0.1) is 0 Å². The Morgan fingerprint density at radius 3 is 2.60 bits per heavy atom. The Morgan fingerprint density at radius 1 is 1.13 bits per heavy atom. The average Bonchev–Trinajstić information content (AvgIpc) is 2.98. The maximum absolute atomic E-state index is 12.3. The Bertz CT molecular complexity index is 1190. The molecule has 1 heterocycles. The summed E-state index contributed by atoms with van der Waals surface area (Å²) in [5.41, 5.74) is 2.30. The van der Waals surface area contributed by atoms with Crippen molar-refractivity contribution in [1.82, 2.24) is 4.57 Å². The van der Waals surface area contributed by atoms with Crippen LogP contribution in [0.15, 0.2) is 45.6 Å². The van der Waals surface area contributed by atoms with Gasteiger partial charge in [-0.25, -0.2) is 4.79 Å². The number of non-ortho nitro benzene ring substituents is 1. The van der Waals surface area contributed by atoms with E-state index in [1.54, 1.807) is 12.1 Å². The minimum atomic E-state index is -0.641. The Hall–Kier alpha value is -3.95. The van der Waals surface area contributed by atoms with Crippen molar-refractivity contribution in [2.45, 2.75) is 33.2 Å². The number of hydrogen-bond donors (Lipinski definition) is 2. The Kier molecular flexibility index (Phi) is 5.95. The number of amides is 2. The quantitative estimate of drug-likeness (QED) is 0.452. The topological polar surface area (TPSA) is 136 Å². The van der Waals surface area contributed by atoms with E-state index in [-0.39, 0.29) is 36.1 Å². The highest BCUT2D eigenvalue weighted by molar-refractivity contribution is 5.99. The zero-order chi connectivity index (χ0) is 21.8. The summed E-state index contributed by atoms with van der Waals surface area (Å²) in [7, 11) is 0. The summed E-state index contributed by atoms with van der Waals surface area (Å²) in [6.07, 6.45) is 0.470. The molecule has 0 bridgehead atoms. The van der Waals surface area contributed by atoms with Gasteiger partial charge in [-0.2, -0.15) is 0 Å². The summed E-state index contributed by atoms with van der Waals surface area (Å²) < 4.78 is 6.41. The van der Waals surface area contributed by atoms with Crippen LogP contribution in [0.2, 0.25) is 0 Å². The lowest BCUT2D eigenvalue weighted by Gasteiger charge is -2.12. The van der Waals surface area contributed by atoms with Gasteiger partial charge in [-0.05, 0) is 37.1 Å². The monoisotopic (exact) mass is 412 g/mol. The number of nitro groups is 1. The standard InChI is InChI=1S/C20H20N4O6/c1-12-5-7-15(21-13(2)25)16(10-12)22-19(26)4-3-9-23-17-8-6-14(24(28)29)11-18(17)30-20(23)27/h5-8,10-11H,3-4,9H2,1-2H3,(H,21,25)(H,22,26). The zero-order valence-corrected chi connectivity index (χ0v) is 16.4. The number of carbonyl (C=O) groups is 2. The van der Waals surface area contributed by atoms with Crippen molar-refractivity contribution < 1.29 is 18.9 Å². The first kappa shape index (κ1) is 20.8. The SMILES string of the molecule is CC(=O)Nc1ccc(C)cc1NC(=O)CCCn1c(=O)oc2cc([N+](=O)[O-])ccc21. The first-order chi connectivity index (χ1) is 14.2. The number of fused-ring (bicyclic) bond motifs is 1. The Morgan fingerprint density at radius 2 is 1.90 bits per heavy atom. The summed E-state index contributed by atoms with van der Waals surface area (Å²) in [5.74, 6) is -1.16. The van der Waals surface area contributed by atoms with E-state index >= 15 is 0 Å². The van der Waals surface area contributed by atoms with Crippen LogP contribution in [0.4, 0.5) is 17.1 Å². The van der Waals surface area contributed by atoms with Crippen molar-refractivity contribution in [3.05, 3.63) is 62.6 Å². The highest BCUT2D eigenvalue weighted by Gasteiger charge is 2.15. The summed E-state index contributed by atoms with van der Waals surface area (Å²) >= 11 is 0. The fourth-order valence-electron chi connectivity index (χ4n) is 3.05. The van der Waals surface area contributed by atoms with Gasteiger partial charge in [0.15, 0.2) is 5.58 Å². The molecule has 0 saturated heterocycles. The van der Waals surface area contributed by atoms with Crippen LogP contribution in [0.1, 0.15) is 25.3 Å². The number of aryl methyl sites for hydroxylation is 2. The number of carbonyl (C=O) groups excluding carboxylic acids is 2. The third kappa shape index (κ3) is 4.72. The normalized spacial score (nSPS) is 10.7. The van der Waals surface area contributed by atoms with Crippen LogP contribution in [-0.4, -0.2) is 21.3 Å². The van der Waals surface area contributed by atoms with Gasteiger partial charge in [0, 0.05) is 26.0 Å². The van der Waals surface area contributed by atoms with Crippen molar-refractivity contribution in [1.29, 1.82) is 0 Å². The summed E-state index contributed by atoms with van der Waals surface area (Å²) in [6, 6.07) is 9.22. The van der Waals surface area contributed by atoms with Gasteiger partial charge in [0.25, 0.3) is 5.69 Å². The van der Waals surface area contributed by atoms with Crippen LogP contribution >= 0.6 is 0 Å². The van der Waals surface area contributed by atoms with Crippen LogP contribution < -0.4 is 16.4 Å². The molecule has 0 atom stereocenters. The molecule has 0 spiro atoms. The molecule has 0 fully saturated rings. The fourth-order valence-corrected chi connectivity index (χ4v) is 3.05. The minimum absolute atomic E-state index is 0.123. The van der Waals surface area contributed by atoms with E-state index in [9.17, 15) is 24.5 Å². The van der Waals surface area contributed by atoms with E-state index in [1.165, 1.54) is 29.7 Å². The second kappa shape index (κ2) is 8.60. The lowest BCUT2D eigenvalue weighted by molar-refractivity contribution is -0.384. The number of nitro benzene ring substituents is 1. The van der Waals surface area contributed by atoms with Crippen LogP contribution in [-0.2, 0) is 16.1 Å². The number of aromatic nitrogens is 1. The van der Waals surface area contributed by atoms with Gasteiger partial charge in [0.05, 0.1) is 27.9 Å². The molecular weight excluding hydrogens is 392 g/mol. The van der Waals surface area contributed by atoms with Gasteiger partial charge >= 0.3 is 5.76 Å². The molecule has 156 valence electrons. The molecule has 3 rings (SSSR count). The highest BCUT2D eigenvalue weighted by atomic mass is 16.6. The molecule has 30 heavy (non-hydrogen) atoms. The van der Waals surface area contributed by atoms with Crippen LogP contribution in [0.5, 0.6) is 0 Å². The van der Waals surface area contributed by atoms with E-state index < -0.39 is 10.7 Å². The molecule has 0 aliphatic heterocycles. The first-order valence-corrected chi connectivity index (χ1v) is 9.20. The van der Waals surface area contributed by atoms with E-state index in [0.29, 0.717) is 23.3 Å². The minimum Gasteiger partial charge on any atom is -0.407 e. The maximum Gasteiger partial charge on any atom is 0.419 e. The van der Waals surface area contributed by atoms with Gasteiger partial charge in [0.1, 0.15) is 0 Å². The summed E-state index contributed by atoms with van der Waals surface area (Å²) in [4.78, 5) is 46.0. The molecule has 1 aromatic heterocycles.